The zero-order chi connectivity index (χ0) is 17.3. The van der Waals surface area contributed by atoms with Crippen LogP contribution in [0.4, 0.5) is 21.6 Å². The summed E-state index contributed by atoms with van der Waals surface area (Å²) in [4.78, 5) is 6.54. The van der Waals surface area contributed by atoms with Gasteiger partial charge in [-0.2, -0.15) is 5.26 Å². The third-order valence-corrected chi connectivity index (χ3v) is 4.18. The highest BCUT2D eigenvalue weighted by Gasteiger charge is 2.21. The first-order chi connectivity index (χ1) is 11.6. The van der Waals surface area contributed by atoms with Crippen molar-refractivity contribution in [1.82, 2.24) is 4.98 Å². The number of anilines is 3. The van der Waals surface area contributed by atoms with E-state index in [1.807, 2.05) is 19.2 Å². The molecule has 0 unspecified atom stereocenters. The molecule has 3 N–H and O–H groups in total. The molecule has 0 spiro atoms. The van der Waals surface area contributed by atoms with Crippen LogP contribution >= 0.6 is 0 Å². The lowest BCUT2D eigenvalue weighted by Crippen LogP contribution is -2.28. The SMILES string of the molecule is CCN1CC(c2cc(N)c(F)cc2C#N)=Cc2cnc(NC)cc21. The first kappa shape index (κ1) is 15.8. The quantitative estimate of drug-likeness (QED) is 0.849. The Kier molecular flexibility index (Phi) is 4.09. The number of likely N-dealkylation sites (N-methyl/N-ethyl adjacent to an activating group) is 1. The molecule has 0 atom stereocenters. The molecule has 0 saturated heterocycles. The molecule has 1 aromatic carbocycles. The molecule has 0 amide bonds. The van der Waals surface area contributed by atoms with Crippen molar-refractivity contribution in [3.63, 3.8) is 0 Å². The molecule has 3 rings (SSSR count). The van der Waals surface area contributed by atoms with Gasteiger partial charge in [-0.3, -0.25) is 0 Å². The van der Waals surface area contributed by atoms with Gasteiger partial charge in [0.1, 0.15) is 11.6 Å². The molecule has 122 valence electrons. The predicted octanol–water partition coefficient (Wildman–Crippen LogP) is 3.10. The molecule has 1 aliphatic rings. The second-order valence-corrected chi connectivity index (χ2v) is 5.59. The lowest BCUT2D eigenvalue weighted by atomic mass is 9.94. The standard InChI is InChI=1S/C18H18FN5/c1-3-24-10-13(4-12-9-23-18(22-2)7-17(12)24)14-6-16(21)15(19)5-11(14)8-20/h4-7,9H,3,10,21H2,1-2H3,(H,22,23). The van der Waals surface area contributed by atoms with Crippen molar-refractivity contribution >= 4 is 28.8 Å². The van der Waals surface area contributed by atoms with E-state index >= 15 is 0 Å². The molecule has 2 heterocycles. The zero-order valence-corrected chi connectivity index (χ0v) is 13.6. The van der Waals surface area contributed by atoms with Crippen molar-refractivity contribution in [3.05, 3.63) is 46.9 Å². The topological polar surface area (TPSA) is 78.0 Å². The van der Waals surface area contributed by atoms with E-state index < -0.39 is 5.82 Å². The molecule has 0 fully saturated rings. The van der Waals surface area contributed by atoms with E-state index in [0.29, 0.717) is 12.1 Å². The summed E-state index contributed by atoms with van der Waals surface area (Å²) >= 11 is 0. The summed E-state index contributed by atoms with van der Waals surface area (Å²) in [5.41, 5.74) is 9.66. The average Bonchev–Trinajstić information content (AvgIpc) is 2.62. The van der Waals surface area contributed by atoms with Crippen LogP contribution in [0.5, 0.6) is 0 Å². The number of rotatable bonds is 3. The summed E-state index contributed by atoms with van der Waals surface area (Å²) in [5, 5.41) is 12.4. The van der Waals surface area contributed by atoms with Gasteiger partial charge in [0.2, 0.25) is 0 Å². The largest absolute Gasteiger partial charge is 0.396 e. The van der Waals surface area contributed by atoms with E-state index in [0.717, 1.165) is 29.2 Å². The van der Waals surface area contributed by atoms with Crippen LogP contribution in [0, 0.1) is 17.1 Å². The zero-order valence-electron chi connectivity index (χ0n) is 13.6. The number of nitrogen functional groups attached to an aromatic ring is 1. The third kappa shape index (κ3) is 2.65. The van der Waals surface area contributed by atoms with Crippen molar-refractivity contribution in [2.75, 3.05) is 36.1 Å². The number of hydrogen-bond donors (Lipinski definition) is 2. The maximum atomic E-state index is 13.7. The highest BCUT2D eigenvalue weighted by Crippen LogP contribution is 2.35. The Morgan fingerprint density at radius 3 is 2.88 bits per heavy atom. The molecule has 2 aromatic rings. The fraction of sp³-hybridized carbons (Fsp3) is 0.222. The molecular formula is C18H18FN5. The van der Waals surface area contributed by atoms with Crippen LogP contribution < -0.4 is 16.0 Å². The van der Waals surface area contributed by atoms with Gasteiger partial charge in [0.15, 0.2) is 0 Å². The van der Waals surface area contributed by atoms with E-state index in [1.165, 1.54) is 12.1 Å². The van der Waals surface area contributed by atoms with Gasteiger partial charge < -0.3 is 16.0 Å². The van der Waals surface area contributed by atoms with E-state index in [2.05, 4.69) is 28.2 Å². The van der Waals surface area contributed by atoms with Crippen LogP contribution in [0.2, 0.25) is 0 Å². The Morgan fingerprint density at radius 1 is 1.42 bits per heavy atom. The fourth-order valence-electron chi connectivity index (χ4n) is 2.89. The Hall–Kier alpha value is -3.07. The normalized spacial score (nSPS) is 13.1. The van der Waals surface area contributed by atoms with Gasteiger partial charge in [-0.05, 0) is 36.3 Å². The van der Waals surface area contributed by atoms with Crippen molar-refractivity contribution in [3.8, 4) is 6.07 Å². The van der Waals surface area contributed by atoms with Crippen LogP contribution in [0.15, 0.2) is 24.4 Å². The fourth-order valence-corrected chi connectivity index (χ4v) is 2.89. The van der Waals surface area contributed by atoms with Crippen molar-refractivity contribution in [2.24, 2.45) is 0 Å². The Balaban J connectivity index is 2.15. The highest BCUT2D eigenvalue weighted by molar-refractivity contribution is 5.93. The number of halogens is 1. The first-order valence-corrected chi connectivity index (χ1v) is 7.70. The van der Waals surface area contributed by atoms with Crippen LogP contribution in [0.1, 0.15) is 23.6 Å². The minimum atomic E-state index is -0.570. The summed E-state index contributed by atoms with van der Waals surface area (Å²) in [7, 11) is 1.83. The molecule has 1 aliphatic heterocycles. The smallest absolute Gasteiger partial charge is 0.147 e. The number of nitrogens with two attached hydrogens (primary N) is 1. The maximum Gasteiger partial charge on any atom is 0.147 e. The van der Waals surface area contributed by atoms with Crippen molar-refractivity contribution in [2.45, 2.75) is 6.92 Å². The third-order valence-electron chi connectivity index (χ3n) is 4.18. The second kappa shape index (κ2) is 6.20. The average molecular weight is 323 g/mol. The molecule has 0 radical (unpaired) electrons. The number of fused-ring (bicyclic) bond motifs is 1. The number of nitrogens with one attached hydrogen (secondary N) is 1. The summed E-state index contributed by atoms with van der Waals surface area (Å²) in [6.07, 6.45) is 3.78. The van der Waals surface area contributed by atoms with Crippen LogP contribution in [0.3, 0.4) is 0 Å². The Labute approximate surface area is 140 Å². The van der Waals surface area contributed by atoms with Gasteiger partial charge in [-0.25, -0.2) is 9.37 Å². The highest BCUT2D eigenvalue weighted by atomic mass is 19.1. The van der Waals surface area contributed by atoms with Gasteiger partial charge in [0, 0.05) is 43.7 Å². The summed E-state index contributed by atoms with van der Waals surface area (Å²) in [5.74, 6) is 0.229. The minimum Gasteiger partial charge on any atom is -0.396 e. The first-order valence-electron chi connectivity index (χ1n) is 7.70. The molecule has 0 aliphatic carbocycles. The summed E-state index contributed by atoms with van der Waals surface area (Å²) < 4.78 is 13.7. The van der Waals surface area contributed by atoms with E-state index in [-0.39, 0.29) is 11.3 Å². The van der Waals surface area contributed by atoms with E-state index in [1.54, 1.807) is 6.20 Å². The molecule has 0 bridgehead atoms. The second-order valence-electron chi connectivity index (χ2n) is 5.59. The van der Waals surface area contributed by atoms with Gasteiger partial charge in [-0.15, -0.1) is 0 Å². The molecule has 1 aromatic heterocycles. The summed E-state index contributed by atoms with van der Waals surface area (Å²) in [6.45, 7) is 3.49. The molecule has 5 nitrogen and oxygen atoms in total. The number of nitrogens with zero attached hydrogens (tertiary/aromatic N) is 3. The van der Waals surface area contributed by atoms with Crippen LogP contribution in [0.25, 0.3) is 11.6 Å². The number of aromatic nitrogens is 1. The van der Waals surface area contributed by atoms with Gasteiger partial charge in [0.05, 0.1) is 17.3 Å². The monoisotopic (exact) mass is 323 g/mol. The summed E-state index contributed by atoms with van der Waals surface area (Å²) in [6, 6.07) is 6.78. The number of hydrogen-bond acceptors (Lipinski definition) is 5. The maximum absolute atomic E-state index is 13.7. The lowest BCUT2D eigenvalue weighted by Gasteiger charge is -2.31. The van der Waals surface area contributed by atoms with E-state index in [9.17, 15) is 9.65 Å². The number of nitriles is 1. The lowest BCUT2D eigenvalue weighted by molar-refractivity contribution is 0.632. The molecule has 6 heteroatoms. The van der Waals surface area contributed by atoms with Crippen molar-refractivity contribution < 1.29 is 4.39 Å². The molecule has 24 heavy (non-hydrogen) atoms. The van der Waals surface area contributed by atoms with Crippen molar-refractivity contribution in [1.29, 1.82) is 5.26 Å². The van der Waals surface area contributed by atoms with Crippen LogP contribution in [-0.4, -0.2) is 25.1 Å². The number of pyridine rings is 1. The van der Waals surface area contributed by atoms with Gasteiger partial charge >= 0.3 is 0 Å². The van der Waals surface area contributed by atoms with Crippen LogP contribution in [-0.2, 0) is 0 Å². The molecule has 0 saturated carbocycles. The number of benzene rings is 1. The Morgan fingerprint density at radius 2 is 2.21 bits per heavy atom. The predicted molar refractivity (Wildman–Crippen MR) is 95.1 cm³/mol. The Bertz CT molecular complexity index is 866. The molecular weight excluding hydrogens is 305 g/mol. The van der Waals surface area contributed by atoms with E-state index in [4.69, 9.17) is 5.73 Å². The van der Waals surface area contributed by atoms with Gasteiger partial charge in [-0.1, -0.05) is 0 Å². The van der Waals surface area contributed by atoms with Gasteiger partial charge in [0.25, 0.3) is 0 Å². The minimum absolute atomic E-state index is 0.0439.